The van der Waals surface area contributed by atoms with Crippen LogP contribution in [0.1, 0.15) is 38.2 Å². The molecule has 0 spiro atoms. The van der Waals surface area contributed by atoms with Crippen LogP contribution in [0.15, 0.2) is 29.2 Å². The number of nitrogens with zero attached hydrogens (tertiary/aromatic N) is 1. The fourth-order valence-corrected chi connectivity index (χ4v) is 3.78. The molecule has 1 aliphatic heterocycles. The average Bonchev–Trinajstić information content (AvgIpc) is 2.71. The summed E-state index contributed by atoms with van der Waals surface area (Å²) in [5.41, 5.74) is 1.14. The van der Waals surface area contributed by atoms with Crippen LogP contribution in [0, 0.1) is 0 Å². The molecule has 1 saturated heterocycles. The first-order valence-corrected chi connectivity index (χ1v) is 8.76. The Kier molecular flexibility index (Phi) is 5.00. The molecule has 0 aliphatic carbocycles. The summed E-state index contributed by atoms with van der Waals surface area (Å²) in [6, 6.07) is 7.08. The van der Waals surface area contributed by atoms with Crippen LogP contribution in [0.25, 0.3) is 0 Å². The van der Waals surface area contributed by atoms with Crippen LogP contribution >= 0.6 is 0 Å². The van der Waals surface area contributed by atoms with Crippen molar-refractivity contribution in [2.24, 2.45) is 0 Å². The molecule has 6 heteroatoms. The van der Waals surface area contributed by atoms with Gasteiger partial charge in [0.2, 0.25) is 15.9 Å². The molecule has 21 heavy (non-hydrogen) atoms. The number of hydrogen-bond acceptors (Lipinski definition) is 3. The summed E-state index contributed by atoms with van der Waals surface area (Å²) in [6.45, 7) is 5.15. The van der Waals surface area contributed by atoms with Gasteiger partial charge in [-0.05, 0) is 30.0 Å². The zero-order valence-corrected chi connectivity index (χ0v) is 13.3. The summed E-state index contributed by atoms with van der Waals surface area (Å²) in [5, 5.41) is 2.68. The predicted octanol–water partition coefficient (Wildman–Crippen LogP) is 1.71. The molecule has 0 radical (unpaired) electrons. The van der Waals surface area contributed by atoms with Crippen molar-refractivity contribution in [2.45, 2.75) is 37.5 Å². The number of carbonyl (C=O) groups excluding carboxylic acids is 1. The number of benzene rings is 1. The second-order valence-electron chi connectivity index (χ2n) is 5.38. The highest BCUT2D eigenvalue weighted by Crippen LogP contribution is 2.22. The highest BCUT2D eigenvalue weighted by Gasteiger charge is 2.26. The highest BCUT2D eigenvalue weighted by atomic mass is 32.2. The van der Waals surface area contributed by atoms with Crippen LogP contribution in [0.5, 0.6) is 0 Å². The molecule has 1 heterocycles. The largest absolute Gasteiger partial charge is 0.355 e. The Bertz CT molecular complexity index is 596. The molecular weight excluding hydrogens is 288 g/mol. The van der Waals surface area contributed by atoms with Crippen LogP contribution in [-0.4, -0.2) is 38.3 Å². The number of nitrogens with one attached hydrogen (secondary N) is 1. The van der Waals surface area contributed by atoms with Crippen molar-refractivity contribution in [1.82, 2.24) is 9.62 Å². The molecule has 0 bridgehead atoms. The first-order chi connectivity index (χ1) is 9.95. The van der Waals surface area contributed by atoms with Crippen LogP contribution < -0.4 is 5.32 Å². The minimum Gasteiger partial charge on any atom is -0.355 e. The maximum atomic E-state index is 12.6. The van der Waals surface area contributed by atoms with Gasteiger partial charge >= 0.3 is 0 Å². The predicted molar refractivity (Wildman–Crippen MR) is 81.5 cm³/mol. The summed E-state index contributed by atoms with van der Waals surface area (Å²) in [6.07, 6.45) is 1.23. The van der Waals surface area contributed by atoms with Crippen molar-refractivity contribution in [3.8, 4) is 0 Å². The van der Waals surface area contributed by atoms with E-state index >= 15 is 0 Å². The van der Waals surface area contributed by atoms with Crippen molar-refractivity contribution < 1.29 is 13.2 Å². The third kappa shape index (κ3) is 3.63. The van der Waals surface area contributed by atoms with Gasteiger partial charge in [-0.15, -0.1) is 0 Å². The molecule has 1 aromatic carbocycles. The molecule has 1 aliphatic rings. The number of rotatable bonds is 4. The van der Waals surface area contributed by atoms with Crippen LogP contribution in [0.2, 0.25) is 0 Å². The van der Waals surface area contributed by atoms with Crippen LogP contribution in [0.3, 0.4) is 0 Å². The monoisotopic (exact) mass is 310 g/mol. The molecule has 0 saturated carbocycles. The lowest BCUT2D eigenvalue weighted by Crippen LogP contribution is -2.34. The molecule has 0 aromatic heterocycles. The number of carbonyl (C=O) groups is 1. The van der Waals surface area contributed by atoms with E-state index in [-0.39, 0.29) is 18.9 Å². The summed E-state index contributed by atoms with van der Waals surface area (Å²) in [7, 11) is -3.52. The van der Waals surface area contributed by atoms with Crippen molar-refractivity contribution in [3.63, 3.8) is 0 Å². The third-order valence-corrected chi connectivity index (χ3v) is 5.88. The summed E-state index contributed by atoms with van der Waals surface area (Å²) >= 11 is 0. The Hall–Kier alpha value is -1.40. The smallest absolute Gasteiger partial charge is 0.243 e. The number of sulfonamides is 1. The van der Waals surface area contributed by atoms with Gasteiger partial charge in [-0.2, -0.15) is 4.31 Å². The van der Waals surface area contributed by atoms with Gasteiger partial charge in [-0.25, -0.2) is 8.42 Å². The van der Waals surface area contributed by atoms with E-state index < -0.39 is 10.0 Å². The SMILES string of the molecule is CCC(C)c1ccc(S(=O)(=O)N2CCNC(=O)CC2)cc1. The fourth-order valence-electron chi connectivity index (χ4n) is 2.34. The topological polar surface area (TPSA) is 66.5 Å². The highest BCUT2D eigenvalue weighted by molar-refractivity contribution is 7.89. The zero-order valence-electron chi connectivity index (χ0n) is 12.5. The van der Waals surface area contributed by atoms with Gasteiger partial charge in [-0.1, -0.05) is 26.0 Å². The maximum Gasteiger partial charge on any atom is 0.243 e. The molecule has 5 nitrogen and oxygen atoms in total. The lowest BCUT2D eigenvalue weighted by atomic mass is 9.99. The first-order valence-electron chi connectivity index (χ1n) is 7.32. The van der Waals surface area contributed by atoms with E-state index in [9.17, 15) is 13.2 Å². The first kappa shape index (κ1) is 16.0. The Morgan fingerprint density at radius 1 is 1.24 bits per heavy atom. The van der Waals surface area contributed by atoms with E-state index in [1.165, 1.54) is 4.31 Å². The molecule has 1 atom stereocenters. The van der Waals surface area contributed by atoms with Gasteiger partial charge in [0.25, 0.3) is 0 Å². The van der Waals surface area contributed by atoms with E-state index in [1.54, 1.807) is 12.1 Å². The Labute approximate surface area is 126 Å². The Morgan fingerprint density at radius 2 is 1.90 bits per heavy atom. The van der Waals surface area contributed by atoms with Gasteiger partial charge < -0.3 is 5.32 Å². The van der Waals surface area contributed by atoms with Crippen molar-refractivity contribution in [1.29, 1.82) is 0 Å². The second-order valence-corrected chi connectivity index (χ2v) is 7.32. The van der Waals surface area contributed by atoms with Crippen LogP contribution in [0.4, 0.5) is 0 Å². The van der Waals surface area contributed by atoms with Crippen molar-refractivity contribution in [3.05, 3.63) is 29.8 Å². The zero-order chi connectivity index (χ0) is 15.5. The fraction of sp³-hybridized carbons (Fsp3) is 0.533. The number of amides is 1. The molecular formula is C15H22N2O3S. The third-order valence-electron chi connectivity index (χ3n) is 3.97. The van der Waals surface area contributed by atoms with Crippen molar-refractivity contribution >= 4 is 15.9 Å². The van der Waals surface area contributed by atoms with Gasteiger partial charge in [0.05, 0.1) is 4.90 Å². The van der Waals surface area contributed by atoms with E-state index in [2.05, 4.69) is 19.2 Å². The van der Waals surface area contributed by atoms with E-state index in [4.69, 9.17) is 0 Å². The lowest BCUT2D eigenvalue weighted by Gasteiger charge is -2.19. The molecule has 1 aromatic rings. The van der Waals surface area contributed by atoms with Crippen molar-refractivity contribution in [2.75, 3.05) is 19.6 Å². The molecule has 116 valence electrons. The summed E-state index contributed by atoms with van der Waals surface area (Å²) < 4.78 is 26.5. The molecule has 1 unspecified atom stereocenters. The Morgan fingerprint density at radius 3 is 2.52 bits per heavy atom. The minimum absolute atomic E-state index is 0.0974. The molecule has 2 rings (SSSR count). The number of hydrogen-bond donors (Lipinski definition) is 1. The summed E-state index contributed by atoms with van der Waals surface area (Å²) in [4.78, 5) is 11.6. The summed E-state index contributed by atoms with van der Waals surface area (Å²) in [5.74, 6) is 0.321. The van der Waals surface area contributed by atoms with E-state index in [0.717, 1.165) is 12.0 Å². The standard InChI is InChI=1S/C15H22N2O3S/c1-3-12(2)13-4-6-14(7-5-13)21(19,20)17-10-8-15(18)16-9-11-17/h4-7,12H,3,8-11H2,1-2H3,(H,16,18). The van der Waals surface area contributed by atoms with Gasteiger partial charge in [0.1, 0.15) is 0 Å². The molecule has 1 amide bonds. The van der Waals surface area contributed by atoms with Gasteiger partial charge in [0, 0.05) is 26.1 Å². The Balaban J connectivity index is 2.20. The van der Waals surface area contributed by atoms with E-state index in [1.807, 2.05) is 12.1 Å². The normalized spacial score (nSPS) is 18.9. The molecule has 1 N–H and O–H groups in total. The minimum atomic E-state index is -3.52. The van der Waals surface area contributed by atoms with E-state index in [0.29, 0.717) is 23.9 Å². The lowest BCUT2D eigenvalue weighted by molar-refractivity contribution is -0.120. The van der Waals surface area contributed by atoms with Crippen LogP contribution in [-0.2, 0) is 14.8 Å². The maximum absolute atomic E-state index is 12.6. The average molecular weight is 310 g/mol. The quantitative estimate of drug-likeness (QED) is 0.920. The van der Waals surface area contributed by atoms with Gasteiger partial charge in [-0.3, -0.25) is 4.79 Å². The molecule has 1 fully saturated rings. The van der Waals surface area contributed by atoms with Gasteiger partial charge in [0.15, 0.2) is 0 Å². The second kappa shape index (κ2) is 6.58.